The molecule has 29 heavy (non-hydrogen) atoms. The molecule has 6 nitrogen and oxygen atoms in total. The summed E-state index contributed by atoms with van der Waals surface area (Å²) < 4.78 is 5.55. The molecule has 148 valence electrons. The SMILES string of the molecule is CC(=O)N[C@H](Cc1ccccc1)c1nc(C(=O)Nc2ccc3c(c2)CCC3)co1. The number of rotatable bonds is 6. The van der Waals surface area contributed by atoms with Gasteiger partial charge in [-0.15, -0.1) is 0 Å². The van der Waals surface area contributed by atoms with Gasteiger partial charge in [-0.25, -0.2) is 4.98 Å². The van der Waals surface area contributed by atoms with Crippen molar-refractivity contribution in [2.75, 3.05) is 5.32 Å². The second-order valence-electron chi connectivity index (χ2n) is 7.30. The molecule has 2 N–H and O–H groups in total. The van der Waals surface area contributed by atoms with Crippen LogP contribution in [0.2, 0.25) is 0 Å². The van der Waals surface area contributed by atoms with Gasteiger partial charge in [0.2, 0.25) is 11.8 Å². The minimum atomic E-state index is -0.448. The number of aryl methyl sites for hydroxylation is 2. The van der Waals surface area contributed by atoms with Gasteiger partial charge in [-0.2, -0.15) is 0 Å². The van der Waals surface area contributed by atoms with Crippen molar-refractivity contribution >= 4 is 17.5 Å². The molecule has 4 rings (SSSR count). The molecule has 1 heterocycles. The van der Waals surface area contributed by atoms with E-state index in [9.17, 15) is 9.59 Å². The first-order chi connectivity index (χ1) is 14.1. The predicted octanol–water partition coefficient (Wildman–Crippen LogP) is 3.84. The van der Waals surface area contributed by atoms with Crippen molar-refractivity contribution in [3.8, 4) is 0 Å². The van der Waals surface area contributed by atoms with Gasteiger partial charge in [0.15, 0.2) is 5.69 Å². The molecular weight excluding hydrogens is 366 g/mol. The molecule has 0 aliphatic heterocycles. The van der Waals surface area contributed by atoms with Gasteiger partial charge >= 0.3 is 0 Å². The minimum absolute atomic E-state index is 0.184. The lowest BCUT2D eigenvalue weighted by Crippen LogP contribution is -2.28. The van der Waals surface area contributed by atoms with Crippen molar-refractivity contribution in [1.82, 2.24) is 10.3 Å². The minimum Gasteiger partial charge on any atom is -0.446 e. The summed E-state index contributed by atoms with van der Waals surface area (Å²) in [5.74, 6) is -0.212. The lowest BCUT2D eigenvalue weighted by molar-refractivity contribution is -0.119. The highest BCUT2D eigenvalue weighted by molar-refractivity contribution is 6.02. The number of benzene rings is 2. The van der Waals surface area contributed by atoms with E-state index in [1.54, 1.807) is 0 Å². The van der Waals surface area contributed by atoms with E-state index in [0.29, 0.717) is 12.3 Å². The average molecular weight is 389 g/mol. The number of amides is 2. The standard InChI is InChI=1S/C23H23N3O3/c1-15(27)24-20(12-16-6-3-2-4-7-16)23-26-21(14-29-23)22(28)25-19-11-10-17-8-5-9-18(17)13-19/h2-4,6-7,10-11,13-14,20H,5,8-9,12H2,1H3,(H,24,27)(H,25,28)/t20-/m1/s1. The van der Waals surface area contributed by atoms with E-state index in [1.807, 2.05) is 42.5 Å². The van der Waals surface area contributed by atoms with E-state index in [2.05, 4.69) is 21.7 Å². The lowest BCUT2D eigenvalue weighted by Gasteiger charge is -2.14. The number of hydrogen-bond donors (Lipinski definition) is 2. The third kappa shape index (κ3) is 4.54. The van der Waals surface area contributed by atoms with Gasteiger partial charge in [0.05, 0.1) is 0 Å². The molecule has 1 aliphatic carbocycles. The monoisotopic (exact) mass is 389 g/mol. The molecule has 6 heteroatoms. The normalized spacial score (nSPS) is 13.6. The molecule has 0 saturated carbocycles. The quantitative estimate of drug-likeness (QED) is 0.671. The summed E-state index contributed by atoms with van der Waals surface area (Å²) in [6.45, 7) is 1.45. The number of hydrogen-bond acceptors (Lipinski definition) is 4. The Kier molecular flexibility index (Phi) is 5.42. The Morgan fingerprint density at radius 3 is 2.69 bits per heavy atom. The molecule has 0 bridgehead atoms. The Labute approximate surface area is 169 Å². The summed E-state index contributed by atoms with van der Waals surface area (Å²) in [5, 5.41) is 5.73. The second-order valence-corrected chi connectivity index (χ2v) is 7.30. The molecule has 0 unspecified atom stereocenters. The first kappa shape index (κ1) is 18.9. The number of oxazole rings is 1. The molecule has 3 aromatic rings. The third-order valence-corrected chi connectivity index (χ3v) is 5.07. The summed E-state index contributed by atoms with van der Waals surface area (Å²) in [5.41, 5.74) is 4.61. The van der Waals surface area contributed by atoms with Crippen molar-refractivity contribution in [2.45, 2.75) is 38.6 Å². The van der Waals surface area contributed by atoms with Crippen molar-refractivity contribution in [3.05, 3.63) is 83.1 Å². The zero-order valence-corrected chi connectivity index (χ0v) is 16.3. The number of nitrogens with zero attached hydrogens (tertiary/aromatic N) is 1. The summed E-state index contributed by atoms with van der Waals surface area (Å²) in [7, 11) is 0. The number of aromatic nitrogens is 1. The Morgan fingerprint density at radius 2 is 1.90 bits per heavy atom. The van der Waals surface area contributed by atoms with Crippen LogP contribution in [-0.4, -0.2) is 16.8 Å². The van der Waals surface area contributed by atoms with Crippen LogP contribution in [0.3, 0.4) is 0 Å². The Hall–Kier alpha value is -3.41. The van der Waals surface area contributed by atoms with Crippen LogP contribution >= 0.6 is 0 Å². The highest BCUT2D eigenvalue weighted by Gasteiger charge is 2.22. The highest BCUT2D eigenvalue weighted by Crippen LogP contribution is 2.25. The van der Waals surface area contributed by atoms with E-state index in [-0.39, 0.29) is 17.5 Å². The summed E-state index contributed by atoms with van der Waals surface area (Å²) in [6, 6.07) is 15.3. The van der Waals surface area contributed by atoms with Crippen LogP contribution < -0.4 is 10.6 Å². The molecular formula is C23H23N3O3. The summed E-state index contributed by atoms with van der Waals surface area (Å²) in [6.07, 6.45) is 5.16. The van der Waals surface area contributed by atoms with Crippen LogP contribution in [0, 0.1) is 0 Å². The smallest absolute Gasteiger partial charge is 0.277 e. The maximum Gasteiger partial charge on any atom is 0.277 e. The number of carbonyl (C=O) groups is 2. The first-order valence-corrected chi connectivity index (χ1v) is 9.78. The fourth-order valence-corrected chi connectivity index (χ4v) is 3.69. The maximum atomic E-state index is 12.6. The van der Waals surface area contributed by atoms with Gasteiger partial charge in [-0.3, -0.25) is 9.59 Å². The second kappa shape index (κ2) is 8.31. The molecule has 0 fully saturated rings. The van der Waals surface area contributed by atoms with Gasteiger partial charge in [0, 0.05) is 19.0 Å². The number of nitrogens with one attached hydrogen (secondary N) is 2. The van der Waals surface area contributed by atoms with Crippen LogP contribution in [0.25, 0.3) is 0 Å². The van der Waals surface area contributed by atoms with E-state index in [1.165, 1.54) is 24.3 Å². The first-order valence-electron chi connectivity index (χ1n) is 9.78. The van der Waals surface area contributed by atoms with E-state index in [4.69, 9.17) is 4.42 Å². The molecule has 1 atom stereocenters. The largest absolute Gasteiger partial charge is 0.446 e. The van der Waals surface area contributed by atoms with Crippen LogP contribution in [0.15, 0.2) is 59.2 Å². The third-order valence-electron chi connectivity index (χ3n) is 5.07. The Morgan fingerprint density at radius 1 is 1.10 bits per heavy atom. The number of fused-ring (bicyclic) bond motifs is 1. The molecule has 0 saturated heterocycles. The summed E-state index contributed by atoms with van der Waals surface area (Å²) >= 11 is 0. The molecule has 1 aliphatic rings. The van der Waals surface area contributed by atoms with Gasteiger partial charge < -0.3 is 15.1 Å². The van der Waals surface area contributed by atoms with Gasteiger partial charge in [0.25, 0.3) is 5.91 Å². The predicted molar refractivity (Wildman–Crippen MR) is 110 cm³/mol. The van der Waals surface area contributed by atoms with E-state index in [0.717, 1.165) is 30.5 Å². The van der Waals surface area contributed by atoms with Crippen LogP contribution in [0.1, 0.15) is 52.5 Å². The van der Waals surface area contributed by atoms with E-state index >= 15 is 0 Å². The molecule has 2 aromatic carbocycles. The number of carbonyl (C=O) groups excluding carboxylic acids is 2. The zero-order valence-electron chi connectivity index (χ0n) is 16.3. The van der Waals surface area contributed by atoms with Gasteiger partial charge in [0.1, 0.15) is 12.3 Å². The molecule has 0 spiro atoms. The Bertz CT molecular complexity index is 1030. The fourth-order valence-electron chi connectivity index (χ4n) is 3.69. The van der Waals surface area contributed by atoms with Gasteiger partial charge in [-0.1, -0.05) is 36.4 Å². The van der Waals surface area contributed by atoms with Crippen LogP contribution in [0.5, 0.6) is 0 Å². The van der Waals surface area contributed by atoms with Crippen molar-refractivity contribution in [1.29, 1.82) is 0 Å². The van der Waals surface area contributed by atoms with Crippen molar-refractivity contribution < 1.29 is 14.0 Å². The molecule has 2 amide bonds. The van der Waals surface area contributed by atoms with Crippen LogP contribution in [-0.2, 0) is 24.1 Å². The fraction of sp³-hybridized carbons (Fsp3) is 0.261. The zero-order chi connectivity index (χ0) is 20.2. The number of anilines is 1. The average Bonchev–Trinajstić information content (AvgIpc) is 3.37. The molecule has 0 radical (unpaired) electrons. The van der Waals surface area contributed by atoms with Crippen LogP contribution in [0.4, 0.5) is 5.69 Å². The van der Waals surface area contributed by atoms with Gasteiger partial charge in [-0.05, 0) is 48.1 Å². The highest BCUT2D eigenvalue weighted by atomic mass is 16.3. The molecule has 1 aromatic heterocycles. The topological polar surface area (TPSA) is 84.2 Å². The maximum absolute atomic E-state index is 12.6. The van der Waals surface area contributed by atoms with Crippen molar-refractivity contribution in [2.24, 2.45) is 0 Å². The lowest BCUT2D eigenvalue weighted by atomic mass is 10.1. The van der Waals surface area contributed by atoms with Crippen molar-refractivity contribution in [3.63, 3.8) is 0 Å². The summed E-state index contributed by atoms with van der Waals surface area (Å²) in [4.78, 5) is 28.6. The Balaban J connectivity index is 1.49. The van der Waals surface area contributed by atoms with E-state index < -0.39 is 6.04 Å².